The van der Waals surface area contributed by atoms with Gasteiger partial charge in [-0.1, -0.05) is 38.5 Å². The predicted octanol–water partition coefficient (Wildman–Crippen LogP) is 3.29. The van der Waals surface area contributed by atoms with Crippen molar-refractivity contribution in [1.82, 2.24) is 5.32 Å². The monoisotopic (exact) mass is 231 g/mol. The highest BCUT2D eigenvalue weighted by molar-refractivity contribution is 5.39. The summed E-state index contributed by atoms with van der Waals surface area (Å²) in [7, 11) is 0. The first-order chi connectivity index (χ1) is 8.17. The normalized spacial score (nSPS) is 30.0. The summed E-state index contributed by atoms with van der Waals surface area (Å²) in [6.07, 6.45) is 3.98. The summed E-state index contributed by atoms with van der Waals surface area (Å²) >= 11 is 0. The molecule has 1 heterocycles. The van der Waals surface area contributed by atoms with E-state index in [1.165, 1.54) is 24.8 Å². The van der Waals surface area contributed by atoms with E-state index in [2.05, 4.69) is 37.4 Å². The molecule has 2 aliphatic rings. The van der Waals surface area contributed by atoms with Crippen LogP contribution in [-0.2, 0) is 0 Å². The van der Waals surface area contributed by atoms with E-state index in [1.54, 1.807) is 0 Å². The van der Waals surface area contributed by atoms with Crippen molar-refractivity contribution in [2.24, 2.45) is 5.41 Å². The first kappa shape index (κ1) is 11.1. The summed E-state index contributed by atoms with van der Waals surface area (Å²) in [6, 6.07) is 9.40. The van der Waals surface area contributed by atoms with E-state index in [9.17, 15) is 0 Å². The summed E-state index contributed by atoms with van der Waals surface area (Å²) in [5.74, 6) is 1.06. The van der Waals surface area contributed by atoms with Crippen molar-refractivity contribution in [1.29, 1.82) is 0 Å². The van der Waals surface area contributed by atoms with Gasteiger partial charge in [-0.3, -0.25) is 0 Å². The summed E-state index contributed by atoms with van der Waals surface area (Å²) in [4.78, 5) is 0. The van der Waals surface area contributed by atoms with Crippen LogP contribution in [0.25, 0.3) is 0 Å². The molecule has 0 radical (unpaired) electrons. The number of benzene rings is 1. The second-order valence-corrected chi connectivity index (χ2v) is 6.00. The van der Waals surface area contributed by atoms with Crippen LogP contribution in [-0.4, -0.2) is 12.6 Å². The molecule has 1 aromatic carbocycles. The molecule has 0 amide bonds. The van der Waals surface area contributed by atoms with Gasteiger partial charge in [-0.15, -0.1) is 0 Å². The van der Waals surface area contributed by atoms with Crippen molar-refractivity contribution in [3.05, 3.63) is 29.8 Å². The lowest BCUT2D eigenvalue weighted by molar-refractivity contribution is 0.235. The molecule has 0 aromatic heterocycles. The highest BCUT2D eigenvalue weighted by Gasteiger charge is 2.37. The van der Waals surface area contributed by atoms with Gasteiger partial charge in [0, 0.05) is 11.6 Å². The second-order valence-electron chi connectivity index (χ2n) is 6.00. The lowest BCUT2D eigenvalue weighted by Crippen LogP contribution is -2.40. The Morgan fingerprint density at radius 3 is 2.88 bits per heavy atom. The number of rotatable bonds is 2. The smallest absolute Gasteiger partial charge is 0.124 e. The molecule has 1 aromatic rings. The third-order valence-electron chi connectivity index (χ3n) is 4.36. The van der Waals surface area contributed by atoms with Gasteiger partial charge >= 0.3 is 0 Å². The minimum Gasteiger partial charge on any atom is -0.491 e. The van der Waals surface area contributed by atoms with Crippen LogP contribution in [0.2, 0.25) is 0 Å². The van der Waals surface area contributed by atoms with Crippen LogP contribution in [0, 0.1) is 5.41 Å². The Kier molecular flexibility index (Phi) is 2.62. The maximum absolute atomic E-state index is 5.73. The average Bonchev–Trinajstić information content (AvgIpc) is 2.85. The number of nitrogens with one attached hydrogen (secondary N) is 1. The van der Waals surface area contributed by atoms with Gasteiger partial charge in [-0.2, -0.15) is 0 Å². The Hall–Kier alpha value is -1.02. The van der Waals surface area contributed by atoms with E-state index in [4.69, 9.17) is 4.74 Å². The number of ether oxygens (including phenoxy) is 1. The maximum Gasteiger partial charge on any atom is 0.124 e. The number of fused-ring (bicyclic) bond motifs is 1. The molecular weight excluding hydrogens is 210 g/mol. The fourth-order valence-electron chi connectivity index (χ4n) is 3.18. The van der Waals surface area contributed by atoms with Gasteiger partial charge < -0.3 is 10.1 Å². The lowest BCUT2D eigenvalue weighted by Gasteiger charge is -2.30. The van der Waals surface area contributed by atoms with E-state index in [0.717, 1.165) is 12.4 Å². The zero-order valence-corrected chi connectivity index (χ0v) is 10.7. The Labute approximate surface area is 103 Å². The van der Waals surface area contributed by atoms with E-state index in [1.807, 2.05) is 6.07 Å². The fraction of sp³-hybridized carbons (Fsp3) is 0.600. The first-order valence-corrected chi connectivity index (χ1v) is 6.64. The standard InChI is InChI=1S/C15H21NO/c1-15(2)9-5-8-14(15)16-12-10-17-13-7-4-3-6-11(12)13/h3-4,6-7,12,14,16H,5,8-10H2,1-2H3. The maximum atomic E-state index is 5.73. The van der Waals surface area contributed by atoms with Crippen LogP contribution < -0.4 is 10.1 Å². The summed E-state index contributed by atoms with van der Waals surface area (Å²) in [5, 5.41) is 3.80. The molecule has 0 bridgehead atoms. The van der Waals surface area contributed by atoms with Crippen LogP contribution in [0.4, 0.5) is 0 Å². The minimum absolute atomic E-state index is 0.383. The van der Waals surface area contributed by atoms with Gasteiger partial charge in [0.2, 0.25) is 0 Å². The molecule has 1 aliphatic carbocycles. The summed E-state index contributed by atoms with van der Waals surface area (Å²) in [5.41, 5.74) is 1.76. The molecule has 17 heavy (non-hydrogen) atoms. The van der Waals surface area contributed by atoms with E-state index in [0.29, 0.717) is 17.5 Å². The van der Waals surface area contributed by atoms with Crippen molar-refractivity contribution < 1.29 is 4.74 Å². The zero-order chi connectivity index (χ0) is 11.9. The lowest BCUT2D eigenvalue weighted by atomic mass is 9.86. The van der Waals surface area contributed by atoms with Gasteiger partial charge in [0.25, 0.3) is 0 Å². The molecule has 1 saturated carbocycles. The Bertz CT molecular complexity index is 413. The van der Waals surface area contributed by atoms with Gasteiger partial charge in [-0.05, 0) is 24.3 Å². The molecule has 1 N–H and O–H groups in total. The van der Waals surface area contributed by atoms with Crippen molar-refractivity contribution >= 4 is 0 Å². The molecule has 0 spiro atoms. The molecule has 3 rings (SSSR count). The molecule has 2 heteroatoms. The van der Waals surface area contributed by atoms with E-state index in [-0.39, 0.29) is 0 Å². The minimum atomic E-state index is 0.383. The largest absolute Gasteiger partial charge is 0.491 e. The Balaban J connectivity index is 1.76. The molecule has 0 saturated heterocycles. The highest BCUT2D eigenvalue weighted by Crippen LogP contribution is 2.40. The predicted molar refractivity (Wildman–Crippen MR) is 69.2 cm³/mol. The van der Waals surface area contributed by atoms with Crippen LogP contribution in [0.5, 0.6) is 5.75 Å². The fourth-order valence-corrected chi connectivity index (χ4v) is 3.18. The SMILES string of the molecule is CC1(C)CCCC1NC1COc2ccccc21. The second kappa shape index (κ2) is 4.02. The number of hydrogen-bond donors (Lipinski definition) is 1. The van der Waals surface area contributed by atoms with Crippen LogP contribution in [0.15, 0.2) is 24.3 Å². The highest BCUT2D eigenvalue weighted by atomic mass is 16.5. The molecule has 92 valence electrons. The van der Waals surface area contributed by atoms with E-state index < -0.39 is 0 Å². The van der Waals surface area contributed by atoms with Crippen LogP contribution in [0.3, 0.4) is 0 Å². The topological polar surface area (TPSA) is 21.3 Å². The Morgan fingerprint density at radius 1 is 1.29 bits per heavy atom. The Morgan fingerprint density at radius 2 is 2.12 bits per heavy atom. The van der Waals surface area contributed by atoms with Crippen molar-refractivity contribution in [3.8, 4) is 5.75 Å². The van der Waals surface area contributed by atoms with Gasteiger partial charge in [0.05, 0.1) is 6.04 Å². The number of hydrogen-bond acceptors (Lipinski definition) is 2. The van der Waals surface area contributed by atoms with E-state index >= 15 is 0 Å². The van der Waals surface area contributed by atoms with Crippen LogP contribution in [0.1, 0.15) is 44.7 Å². The molecule has 1 fully saturated rings. The summed E-state index contributed by atoms with van der Waals surface area (Å²) < 4.78 is 5.73. The number of para-hydroxylation sites is 1. The molecule has 1 aliphatic heterocycles. The molecule has 2 unspecified atom stereocenters. The first-order valence-electron chi connectivity index (χ1n) is 6.64. The van der Waals surface area contributed by atoms with Crippen LogP contribution >= 0.6 is 0 Å². The van der Waals surface area contributed by atoms with Gasteiger partial charge in [0.1, 0.15) is 12.4 Å². The summed E-state index contributed by atoms with van der Waals surface area (Å²) in [6.45, 7) is 5.53. The molecular formula is C15H21NO. The molecule has 2 nitrogen and oxygen atoms in total. The van der Waals surface area contributed by atoms with Crippen molar-refractivity contribution in [2.75, 3.05) is 6.61 Å². The van der Waals surface area contributed by atoms with Crippen molar-refractivity contribution in [3.63, 3.8) is 0 Å². The van der Waals surface area contributed by atoms with Gasteiger partial charge in [0.15, 0.2) is 0 Å². The molecule has 2 atom stereocenters. The quantitative estimate of drug-likeness (QED) is 0.843. The zero-order valence-electron chi connectivity index (χ0n) is 10.7. The average molecular weight is 231 g/mol. The van der Waals surface area contributed by atoms with Gasteiger partial charge in [-0.25, -0.2) is 0 Å². The third kappa shape index (κ3) is 1.95. The van der Waals surface area contributed by atoms with Crippen molar-refractivity contribution in [2.45, 2.75) is 45.2 Å². The third-order valence-corrected chi connectivity index (χ3v) is 4.36.